The molecule has 19 heavy (non-hydrogen) atoms. The van der Waals surface area contributed by atoms with Gasteiger partial charge in [-0.2, -0.15) is 11.8 Å². The van der Waals surface area contributed by atoms with Gasteiger partial charge < -0.3 is 10.4 Å². The molecule has 1 aromatic rings. The molecular formula is C13H16FNO3S. The average Bonchev–Trinajstić information content (AvgIpc) is 2.36. The molecule has 0 fully saturated rings. The number of thioether (sulfide) groups is 1. The third kappa shape index (κ3) is 7.46. The van der Waals surface area contributed by atoms with Crippen molar-refractivity contribution in [3.63, 3.8) is 0 Å². The maximum atomic E-state index is 12.6. The highest BCUT2D eigenvalue weighted by Crippen LogP contribution is 2.10. The minimum Gasteiger partial charge on any atom is -0.481 e. The van der Waals surface area contributed by atoms with Crippen LogP contribution in [-0.2, 0) is 9.59 Å². The molecule has 2 N–H and O–H groups in total. The van der Waals surface area contributed by atoms with Crippen molar-refractivity contribution >= 4 is 29.3 Å². The van der Waals surface area contributed by atoms with Crippen LogP contribution in [0.3, 0.4) is 0 Å². The quantitative estimate of drug-likeness (QED) is 0.721. The number of unbranched alkanes of at least 4 members (excludes halogenated alkanes) is 1. The molecule has 0 unspecified atom stereocenters. The molecular weight excluding hydrogens is 269 g/mol. The van der Waals surface area contributed by atoms with Crippen molar-refractivity contribution in [3.8, 4) is 0 Å². The lowest BCUT2D eigenvalue weighted by molar-refractivity contribution is -0.137. The van der Waals surface area contributed by atoms with Crippen LogP contribution in [0.25, 0.3) is 0 Å². The highest BCUT2D eigenvalue weighted by atomic mass is 32.2. The second-order valence-electron chi connectivity index (χ2n) is 3.96. The number of hydrogen-bond donors (Lipinski definition) is 2. The van der Waals surface area contributed by atoms with E-state index in [9.17, 15) is 14.0 Å². The summed E-state index contributed by atoms with van der Waals surface area (Å²) in [7, 11) is 0. The van der Waals surface area contributed by atoms with E-state index >= 15 is 0 Å². The second kappa shape index (κ2) is 8.53. The fourth-order valence-corrected chi connectivity index (χ4v) is 2.19. The summed E-state index contributed by atoms with van der Waals surface area (Å²) >= 11 is 1.46. The predicted octanol–water partition coefficient (Wildman–Crippen LogP) is 2.75. The monoisotopic (exact) mass is 285 g/mol. The molecule has 1 amide bonds. The van der Waals surface area contributed by atoms with E-state index in [2.05, 4.69) is 5.32 Å². The summed E-state index contributed by atoms with van der Waals surface area (Å²) in [6.07, 6.45) is 1.57. The first-order chi connectivity index (χ1) is 9.08. The SMILES string of the molecule is O=C(O)CCCCSCC(=O)Nc1ccc(F)cc1. The van der Waals surface area contributed by atoms with Crippen LogP contribution in [0.2, 0.25) is 0 Å². The van der Waals surface area contributed by atoms with Crippen LogP contribution in [0.4, 0.5) is 10.1 Å². The van der Waals surface area contributed by atoms with Crippen molar-refractivity contribution in [1.82, 2.24) is 0 Å². The Morgan fingerprint density at radius 1 is 1.21 bits per heavy atom. The molecule has 4 nitrogen and oxygen atoms in total. The van der Waals surface area contributed by atoms with Gasteiger partial charge in [-0.15, -0.1) is 0 Å². The van der Waals surface area contributed by atoms with Crippen molar-refractivity contribution in [2.24, 2.45) is 0 Å². The van der Waals surface area contributed by atoms with E-state index in [0.29, 0.717) is 17.9 Å². The highest BCUT2D eigenvalue weighted by molar-refractivity contribution is 7.99. The van der Waals surface area contributed by atoms with E-state index in [1.54, 1.807) is 0 Å². The number of carbonyl (C=O) groups excluding carboxylic acids is 1. The molecule has 0 heterocycles. The van der Waals surface area contributed by atoms with Gasteiger partial charge in [-0.3, -0.25) is 9.59 Å². The molecule has 0 aliphatic rings. The Morgan fingerprint density at radius 3 is 2.53 bits per heavy atom. The van der Waals surface area contributed by atoms with Crippen LogP contribution in [0.5, 0.6) is 0 Å². The number of halogens is 1. The van der Waals surface area contributed by atoms with Gasteiger partial charge in [0.15, 0.2) is 0 Å². The molecule has 1 rings (SSSR count). The molecule has 0 aromatic heterocycles. The summed E-state index contributed by atoms with van der Waals surface area (Å²) in [5, 5.41) is 11.1. The first kappa shape index (κ1) is 15.5. The molecule has 104 valence electrons. The molecule has 0 saturated carbocycles. The number of carbonyl (C=O) groups is 2. The minimum atomic E-state index is -0.793. The lowest BCUT2D eigenvalue weighted by Crippen LogP contribution is -2.14. The summed E-state index contributed by atoms with van der Waals surface area (Å²) in [6.45, 7) is 0. The summed E-state index contributed by atoms with van der Waals surface area (Å²) in [5.74, 6) is -0.214. The summed E-state index contributed by atoms with van der Waals surface area (Å²) in [4.78, 5) is 21.8. The van der Waals surface area contributed by atoms with E-state index in [1.807, 2.05) is 0 Å². The van der Waals surface area contributed by atoms with Crippen molar-refractivity contribution in [2.45, 2.75) is 19.3 Å². The van der Waals surface area contributed by atoms with Gasteiger partial charge in [0.2, 0.25) is 5.91 Å². The molecule has 0 atom stereocenters. The maximum absolute atomic E-state index is 12.6. The van der Waals surface area contributed by atoms with E-state index in [4.69, 9.17) is 5.11 Å². The van der Waals surface area contributed by atoms with Crippen LogP contribution >= 0.6 is 11.8 Å². The number of hydrogen-bond acceptors (Lipinski definition) is 3. The highest BCUT2D eigenvalue weighted by Gasteiger charge is 2.03. The Hall–Kier alpha value is -1.56. The maximum Gasteiger partial charge on any atom is 0.303 e. The van der Waals surface area contributed by atoms with Crippen molar-refractivity contribution in [2.75, 3.05) is 16.8 Å². The molecule has 0 saturated heterocycles. The van der Waals surface area contributed by atoms with Crippen molar-refractivity contribution in [1.29, 1.82) is 0 Å². The van der Waals surface area contributed by atoms with E-state index in [1.165, 1.54) is 36.0 Å². The number of rotatable bonds is 8. The summed E-state index contributed by atoms with van der Waals surface area (Å²) in [5.41, 5.74) is 0.567. The van der Waals surface area contributed by atoms with Gasteiger partial charge >= 0.3 is 5.97 Å². The average molecular weight is 285 g/mol. The van der Waals surface area contributed by atoms with Crippen molar-refractivity contribution in [3.05, 3.63) is 30.1 Å². The van der Waals surface area contributed by atoms with Gasteiger partial charge in [0, 0.05) is 12.1 Å². The molecule has 6 heteroatoms. The van der Waals surface area contributed by atoms with Crippen LogP contribution in [0.1, 0.15) is 19.3 Å². The zero-order valence-corrected chi connectivity index (χ0v) is 11.2. The number of aliphatic carboxylic acids is 1. The number of benzene rings is 1. The van der Waals surface area contributed by atoms with E-state index in [-0.39, 0.29) is 18.1 Å². The van der Waals surface area contributed by atoms with Crippen LogP contribution < -0.4 is 5.32 Å². The third-order valence-corrected chi connectivity index (χ3v) is 3.33. The lowest BCUT2D eigenvalue weighted by atomic mass is 10.3. The fourth-order valence-electron chi connectivity index (χ4n) is 1.38. The Labute approximate surface area is 115 Å². The van der Waals surface area contributed by atoms with Gasteiger partial charge in [-0.05, 0) is 42.9 Å². The van der Waals surface area contributed by atoms with Gasteiger partial charge in [0.25, 0.3) is 0 Å². The molecule has 0 radical (unpaired) electrons. The number of nitrogens with one attached hydrogen (secondary N) is 1. The predicted molar refractivity (Wildman–Crippen MR) is 73.8 cm³/mol. The number of anilines is 1. The molecule has 0 spiro atoms. The largest absolute Gasteiger partial charge is 0.481 e. The molecule has 0 bridgehead atoms. The number of carboxylic acids is 1. The van der Waals surface area contributed by atoms with Gasteiger partial charge in [-0.1, -0.05) is 0 Å². The minimum absolute atomic E-state index is 0.144. The Morgan fingerprint density at radius 2 is 1.89 bits per heavy atom. The Bertz CT molecular complexity index is 422. The Balaban J connectivity index is 2.11. The van der Waals surface area contributed by atoms with Crippen LogP contribution in [-0.4, -0.2) is 28.5 Å². The molecule has 0 aliphatic carbocycles. The normalized spacial score (nSPS) is 10.2. The first-order valence-electron chi connectivity index (χ1n) is 5.93. The summed E-state index contributed by atoms with van der Waals surface area (Å²) < 4.78 is 12.6. The molecule has 1 aromatic carbocycles. The topological polar surface area (TPSA) is 66.4 Å². The smallest absolute Gasteiger partial charge is 0.303 e. The standard InChI is InChI=1S/C13H16FNO3S/c14-10-4-6-11(7-5-10)15-12(16)9-19-8-2-1-3-13(17)18/h4-7H,1-3,8-9H2,(H,15,16)(H,17,18). The van der Waals surface area contributed by atoms with E-state index in [0.717, 1.165) is 12.2 Å². The van der Waals surface area contributed by atoms with Gasteiger partial charge in [-0.25, -0.2) is 4.39 Å². The fraction of sp³-hybridized carbons (Fsp3) is 0.385. The van der Waals surface area contributed by atoms with Crippen molar-refractivity contribution < 1.29 is 19.1 Å². The zero-order valence-electron chi connectivity index (χ0n) is 10.4. The molecule has 0 aliphatic heterocycles. The van der Waals surface area contributed by atoms with Crippen LogP contribution in [0.15, 0.2) is 24.3 Å². The van der Waals surface area contributed by atoms with Gasteiger partial charge in [0.05, 0.1) is 5.75 Å². The number of amides is 1. The zero-order chi connectivity index (χ0) is 14.1. The lowest BCUT2D eigenvalue weighted by Gasteiger charge is -2.04. The van der Waals surface area contributed by atoms with Gasteiger partial charge in [0.1, 0.15) is 5.82 Å². The summed E-state index contributed by atoms with van der Waals surface area (Å²) in [6, 6.07) is 5.58. The second-order valence-corrected chi connectivity index (χ2v) is 5.06. The third-order valence-electron chi connectivity index (χ3n) is 2.29. The Kier molecular flexibility index (Phi) is 6.95. The first-order valence-corrected chi connectivity index (χ1v) is 7.08. The number of carboxylic acid groups (broad SMARTS) is 1. The van der Waals surface area contributed by atoms with E-state index < -0.39 is 5.97 Å². The van der Waals surface area contributed by atoms with Crippen LogP contribution in [0, 0.1) is 5.82 Å².